The van der Waals surface area contributed by atoms with Gasteiger partial charge in [-0.1, -0.05) is 12.1 Å². The maximum absolute atomic E-state index is 13.3. The van der Waals surface area contributed by atoms with Crippen molar-refractivity contribution >= 4 is 11.6 Å². The summed E-state index contributed by atoms with van der Waals surface area (Å²) >= 11 is 0. The lowest BCUT2D eigenvalue weighted by Gasteiger charge is -2.07. The predicted molar refractivity (Wildman–Crippen MR) is 53.0 cm³/mol. The Hall–Kier alpha value is -1.84. The first-order valence-corrected chi connectivity index (χ1v) is 4.29. The average Bonchev–Trinajstić information content (AvgIpc) is 2.64. The molecule has 0 unspecified atom stereocenters. The third-order valence-electron chi connectivity index (χ3n) is 1.96. The Morgan fingerprint density at radius 2 is 2.29 bits per heavy atom. The van der Waals surface area contributed by atoms with Gasteiger partial charge >= 0.3 is 0 Å². The van der Waals surface area contributed by atoms with Gasteiger partial charge in [0.05, 0.1) is 5.69 Å². The number of hydrogen-bond donors (Lipinski definition) is 2. The van der Waals surface area contributed by atoms with E-state index in [1.807, 2.05) is 13.0 Å². The number of imidazole rings is 1. The van der Waals surface area contributed by atoms with Crippen LogP contribution in [0.5, 0.6) is 0 Å². The zero-order chi connectivity index (χ0) is 9.97. The van der Waals surface area contributed by atoms with Crippen LogP contribution in [0.2, 0.25) is 0 Å². The van der Waals surface area contributed by atoms with E-state index in [0.717, 1.165) is 5.56 Å². The second-order valence-electron chi connectivity index (χ2n) is 2.99. The predicted octanol–water partition coefficient (Wildman–Crippen LogP) is 2.60. The van der Waals surface area contributed by atoms with Crippen molar-refractivity contribution in [1.29, 1.82) is 0 Å². The van der Waals surface area contributed by atoms with E-state index in [1.54, 1.807) is 18.5 Å². The van der Waals surface area contributed by atoms with E-state index in [-0.39, 0.29) is 5.82 Å². The first-order chi connectivity index (χ1) is 6.77. The summed E-state index contributed by atoms with van der Waals surface area (Å²) in [5.41, 5.74) is 1.31. The van der Waals surface area contributed by atoms with Gasteiger partial charge in [-0.05, 0) is 18.6 Å². The largest absolute Gasteiger partial charge is 0.331 e. The van der Waals surface area contributed by atoms with Crippen LogP contribution in [0.3, 0.4) is 0 Å². The molecule has 0 aliphatic rings. The maximum atomic E-state index is 13.3. The summed E-state index contributed by atoms with van der Waals surface area (Å²) in [6.45, 7) is 1.84. The van der Waals surface area contributed by atoms with E-state index < -0.39 is 0 Å². The molecule has 1 aromatic heterocycles. The number of benzene rings is 1. The molecule has 0 spiro atoms. The minimum atomic E-state index is -0.276. The molecular weight excluding hydrogens is 181 g/mol. The average molecular weight is 191 g/mol. The summed E-state index contributed by atoms with van der Waals surface area (Å²) in [5.74, 6) is 0.264. The Morgan fingerprint density at radius 3 is 2.93 bits per heavy atom. The third-order valence-corrected chi connectivity index (χ3v) is 1.96. The van der Waals surface area contributed by atoms with Crippen molar-refractivity contribution in [3.8, 4) is 0 Å². The summed E-state index contributed by atoms with van der Waals surface area (Å²) in [6.07, 6.45) is 3.29. The van der Waals surface area contributed by atoms with E-state index in [9.17, 15) is 4.39 Å². The molecule has 0 amide bonds. The standard InChI is InChI=1S/C10H10FN3/c1-7-3-2-4-8(11)9(7)14-10-12-5-6-13-10/h2-6H,1H3,(H2,12,13,14). The number of nitrogens with one attached hydrogen (secondary N) is 2. The van der Waals surface area contributed by atoms with Crippen LogP contribution in [0, 0.1) is 12.7 Å². The van der Waals surface area contributed by atoms with E-state index in [1.165, 1.54) is 6.07 Å². The summed E-state index contributed by atoms with van der Waals surface area (Å²) < 4.78 is 13.3. The minimum Gasteiger partial charge on any atom is -0.331 e. The molecule has 0 fully saturated rings. The van der Waals surface area contributed by atoms with E-state index in [4.69, 9.17) is 0 Å². The van der Waals surface area contributed by atoms with Crippen molar-refractivity contribution in [2.24, 2.45) is 0 Å². The number of nitrogens with zero attached hydrogens (tertiary/aromatic N) is 1. The Labute approximate surface area is 81.0 Å². The van der Waals surface area contributed by atoms with Crippen LogP contribution in [0.1, 0.15) is 5.56 Å². The first-order valence-electron chi connectivity index (χ1n) is 4.29. The Morgan fingerprint density at radius 1 is 1.43 bits per heavy atom. The second kappa shape index (κ2) is 3.49. The molecule has 1 aromatic carbocycles. The fourth-order valence-electron chi connectivity index (χ4n) is 1.24. The molecule has 0 aliphatic carbocycles. The number of anilines is 2. The third kappa shape index (κ3) is 1.59. The van der Waals surface area contributed by atoms with Gasteiger partial charge in [-0.3, -0.25) is 0 Å². The molecule has 0 saturated carbocycles. The number of halogens is 1. The highest BCUT2D eigenvalue weighted by molar-refractivity contribution is 5.58. The normalized spacial score (nSPS) is 10.1. The number of para-hydroxylation sites is 1. The highest BCUT2D eigenvalue weighted by Crippen LogP contribution is 2.21. The van der Waals surface area contributed by atoms with E-state index in [0.29, 0.717) is 11.6 Å². The first kappa shape index (κ1) is 8.74. The smallest absolute Gasteiger partial charge is 0.204 e. The zero-order valence-electron chi connectivity index (χ0n) is 7.71. The molecule has 4 heteroatoms. The quantitative estimate of drug-likeness (QED) is 0.766. The van der Waals surface area contributed by atoms with E-state index >= 15 is 0 Å². The number of hydrogen-bond acceptors (Lipinski definition) is 2. The molecule has 0 radical (unpaired) electrons. The van der Waals surface area contributed by atoms with E-state index in [2.05, 4.69) is 15.3 Å². The van der Waals surface area contributed by atoms with Crippen molar-refractivity contribution in [3.05, 3.63) is 42.0 Å². The fourth-order valence-corrected chi connectivity index (χ4v) is 1.24. The summed E-state index contributed by atoms with van der Waals surface area (Å²) in [6, 6.07) is 4.94. The summed E-state index contributed by atoms with van der Waals surface area (Å²) in [7, 11) is 0. The molecule has 0 atom stereocenters. The lowest BCUT2D eigenvalue weighted by atomic mass is 10.2. The molecule has 0 bridgehead atoms. The van der Waals surface area contributed by atoms with Crippen molar-refractivity contribution < 1.29 is 4.39 Å². The minimum absolute atomic E-state index is 0.276. The lowest BCUT2D eigenvalue weighted by Crippen LogP contribution is -1.97. The van der Waals surface area contributed by atoms with Crippen LogP contribution in [-0.2, 0) is 0 Å². The lowest BCUT2D eigenvalue weighted by molar-refractivity contribution is 0.630. The highest BCUT2D eigenvalue weighted by atomic mass is 19.1. The monoisotopic (exact) mass is 191 g/mol. The summed E-state index contributed by atoms with van der Waals surface area (Å²) in [4.78, 5) is 6.81. The van der Waals surface area contributed by atoms with Gasteiger partial charge in [0.2, 0.25) is 5.95 Å². The van der Waals surface area contributed by atoms with Gasteiger partial charge in [-0.15, -0.1) is 0 Å². The number of aryl methyl sites for hydroxylation is 1. The van der Waals surface area contributed by atoms with Gasteiger partial charge < -0.3 is 10.3 Å². The summed E-state index contributed by atoms with van der Waals surface area (Å²) in [5, 5.41) is 2.88. The topological polar surface area (TPSA) is 40.7 Å². The van der Waals surface area contributed by atoms with Gasteiger partial charge in [-0.2, -0.15) is 0 Å². The van der Waals surface area contributed by atoms with Gasteiger partial charge in [0, 0.05) is 12.4 Å². The zero-order valence-corrected chi connectivity index (χ0v) is 7.71. The molecular formula is C10H10FN3. The Kier molecular flexibility index (Phi) is 2.18. The van der Waals surface area contributed by atoms with Crippen LogP contribution in [-0.4, -0.2) is 9.97 Å². The van der Waals surface area contributed by atoms with Crippen LogP contribution in [0.25, 0.3) is 0 Å². The van der Waals surface area contributed by atoms with Crippen molar-refractivity contribution in [2.75, 3.05) is 5.32 Å². The van der Waals surface area contributed by atoms with Gasteiger partial charge in [-0.25, -0.2) is 9.37 Å². The molecule has 72 valence electrons. The van der Waals surface area contributed by atoms with Crippen molar-refractivity contribution in [1.82, 2.24) is 9.97 Å². The number of rotatable bonds is 2. The maximum Gasteiger partial charge on any atom is 0.204 e. The number of H-pyrrole nitrogens is 1. The SMILES string of the molecule is Cc1cccc(F)c1Nc1ncc[nH]1. The van der Waals surface area contributed by atoms with Crippen LogP contribution in [0.15, 0.2) is 30.6 Å². The highest BCUT2D eigenvalue weighted by Gasteiger charge is 2.05. The molecule has 14 heavy (non-hydrogen) atoms. The molecule has 0 aliphatic heterocycles. The number of aromatic amines is 1. The van der Waals surface area contributed by atoms with Crippen LogP contribution in [0.4, 0.5) is 16.0 Å². The van der Waals surface area contributed by atoms with Gasteiger partial charge in [0.1, 0.15) is 5.82 Å². The van der Waals surface area contributed by atoms with Crippen LogP contribution < -0.4 is 5.32 Å². The molecule has 2 N–H and O–H groups in total. The fraction of sp³-hybridized carbons (Fsp3) is 0.100. The molecule has 0 saturated heterocycles. The number of aromatic nitrogens is 2. The van der Waals surface area contributed by atoms with Crippen LogP contribution >= 0.6 is 0 Å². The van der Waals surface area contributed by atoms with Gasteiger partial charge in [0.25, 0.3) is 0 Å². The molecule has 2 aromatic rings. The molecule has 3 nitrogen and oxygen atoms in total. The van der Waals surface area contributed by atoms with Gasteiger partial charge in [0.15, 0.2) is 0 Å². The Bertz CT molecular complexity index is 403. The van der Waals surface area contributed by atoms with Crippen molar-refractivity contribution in [3.63, 3.8) is 0 Å². The Balaban J connectivity index is 2.33. The molecule has 2 rings (SSSR count). The second-order valence-corrected chi connectivity index (χ2v) is 2.99. The molecule has 1 heterocycles. The van der Waals surface area contributed by atoms with Crippen molar-refractivity contribution in [2.45, 2.75) is 6.92 Å².